The Morgan fingerprint density at radius 3 is 2.37 bits per heavy atom. The van der Waals surface area contributed by atoms with E-state index in [1.807, 2.05) is 0 Å². The Kier molecular flexibility index (Phi) is 4.67. The summed E-state index contributed by atoms with van der Waals surface area (Å²) in [6.45, 7) is 4.28. The Labute approximate surface area is 120 Å². The normalized spacial score (nSPS) is 12.4. The van der Waals surface area contributed by atoms with E-state index in [0.717, 1.165) is 6.42 Å². The summed E-state index contributed by atoms with van der Waals surface area (Å²) in [5.41, 5.74) is 11.5. The van der Waals surface area contributed by atoms with Crippen molar-refractivity contribution in [2.24, 2.45) is 5.73 Å². The lowest BCUT2D eigenvalue weighted by Crippen LogP contribution is -2.14. The van der Waals surface area contributed by atoms with E-state index in [4.69, 9.17) is 5.73 Å². The van der Waals surface area contributed by atoms with Crippen molar-refractivity contribution in [2.45, 2.75) is 31.2 Å². The second-order valence-corrected chi connectivity index (χ2v) is 5.89. The monoisotopic (exact) mass is 271 g/mol. The van der Waals surface area contributed by atoms with Crippen LogP contribution >= 0.6 is 11.8 Å². The van der Waals surface area contributed by atoms with Gasteiger partial charge in [0.15, 0.2) is 0 Å². The molecule has 0 aliphatic rings. The lowest BCUT2D eigenvalue weighted by molar-refractivity contribution is 0.717. The third kappa shape index (κ3) is 3.62. The van der Waals surface area contributed by atoms with Crippen molar-refractivity contribution in [3.8, 4) is 0 Å². The quantitative estimate of drug-likeness (QED) is 0.840. The SMILES string of the molecule is CSc1ccc(C(N)Cc2cc(C)ccc2C)cc1. The first kappa shape index (κ1) is 14.2. The van der Waals surface area contributed by atoms with Crippen molar-refractivity contribution in [2.75, 3.05) is 6.26 Å². The number of benzene rings is 2. The van der Waals surface area contributed by atoms with Gasteiger partial charge >= 0.3 is 0 Å². The Morgan fingerprint density at radius 1 is 1.05 bits per heavy atom. The third-order valence-corrected chi connectivity index (χ3v) is 4.23. The lowest BCUT2D eigenvalue weighted by Gasteiger charge is -2.15. The van der Waals surface area contributed by atoms with Crippen LogP contribution < -0.4 is 5.73 Å². The summed E-state index contributed by atoms with van der Waals surface area (Å²) >= 11 is 1.76. The number of hydrogen-bond acceptors (Lipinski definition) is 2. The Hall–Kier alpha value is -1.25. The van der Waals surface area contributed by atoms with Gasteiger partial charge in [-0.3, -0.25) is 0 Å². The largest absolute Gasteiger partial charge is 0.324 e. The smallest absolute Gasteiger partial charge is 0.0335 e. The van der Waals surface area contributed by atoms with Crippen LogP contribution in [0.15, 0.2) is 47.4 Å². The lowest BCUT2D eigenvalue weighted by atomic mass is 9.95. The van der Waals surface area contributed by atoms with Gasteiger partial charge in [0.1, 0.15) is 0 Å². The van der Waals surface area contributed by atoms with Crippen molar-refractivity contribution in [1.82, 2.24) is 0 Å². The average molecular weight is 271 g/mol. The molecule has 2 aromatic carbocycles. The maximum Gasteiger partial charge on any atom is 0.0335 e. The first-order valence-corrected chi connectivity index (χ1v) is 7.78. The highest BCUT2D eigenvalue weighted by Gasteiger charge is 2.09. The second-order valence-electron chi connectivity index (χ2n) is 5.01. The summed E-state index contributed by atoms with van der Waals surface area (Å²) in [4.78, 5) is 1.28. The van der Waals surface area contributed by atoms with Gasteiger partial charge < -0.3 is 5.73 Å². The van der Waals surface area contributed by atoms with Crippen LogP contribution in [0.3, 0.4) is 0 Å². The van der Waals surface area contributed by atoms with Crippen LogP contribution in [0, 0.1) is 13.8 Å². The van der Waals surface area contributed by atoms with Crippen LogP contribution in [-0.4, -0.2) is 6.26 Å². The van der Waals surface area contributed by atoms with Gasteiger partial charge in [-0.15, -0.1) is 11.8 Å². The molecule has 0 fully saturated rings. The second kappa shape index (κ2) is 6.27. The molecule has 0 bridgehead atoms. The van der Waals surface area contributed by atoms with Gasteiger partial charge in [-0.25, -0.2) is 0 Å². The van der Waals surface area contributed by atoms with E-state index in [0.29, 0.717) is 0 Å². The van der Waals surface area contributed by atoms with E-state index in [9.17, 15) is 0 Å². The maximum absolute atomic E-state index is 6.33. The molecule has 0 heterocycles. The molecule has 2 aromatic rings. The Morgan fingerprint density at radius 2 is 1.74 bits per heavy atom. The summed E-state index contributed by atoms with van der Waals surface area (Å²) < 4.78 is 0. The van der Waals surface area contributed by atoms with Crippen molar-refractivity contribution in [3.63, 3.8) is 0 Å². The van der Waals surface area contributed by atoms with E-state index in [1.54, 1.807) is 11.8 Å². The van der Waals surface area contributed by atoms with Crippen LogP contribution in [0.25, 0.3) is 0 Å². The fourth-order valence-corrected chi connectivity index (χ4v) is 2.63. The third-order valence-electron chi connectivity index (χ3n) is 3.49. The number of thioether (sulfide) groups is 1. The Bertz CT molecular complexity index is 546. The molecule has 19 heavy (non-hydrogen) atoms. The molecule has 0 saturated carbocycles. The molecule has 0 aliphatic heterocycles. The first-order chi connectivity index (χ1) is 9.10. The van der Waals surface area contributed by atoms with Crippen molar-refractivity contribution < 1.29 is 0 Å². The zero-order chi connectivity index (χ0) is 13.8. The highest BCUT2D eigenvalue weighted by Crippen LogP contribution is 2.22. The predicted octanol–water partition coefficient (Wildman–Crippen LogP) is 4.27. The van der Waals surface area contributed by atoms with E-state index in [-0.39, 0.29) is 6.04 Å². The van der Waals surface area contributed by atoms with Crippen molar-refractivity contribution in [1.29, 1.82) is 0 Å². The summed E-state index contributed by atoms with van der Waals surface area (Å²) in [6, 6.07) is 15.2. The predicted molar refractivity (Wildman–Crippen MR) is 84.8 cm³/mol. The fraction of sp³-hybridized carbons (Fsp3) is 0.294. The zero-order valence-corrected chi connectivity index (χ0v) is 12.6. The maximum atomic E-state index is 6.33. The molecule has 100 valence electrons. The standard InChI is InChI=1S/C17H21NS/c1-12-4-5-13(2)15(10-12)11-17(18)14-6-8-16(19-3)9-7-14/h4-10,17H,11,18H2,1-3H3. The van der Waals surface area contributed by atoms with Gasteiger partial charge in [-0.05, 0) is 55.3 Å². The minimum Gasteiger partial charge on any atom is -0.324 e. The van der Waals surface area contributed by atoms with E-state index >= 15 is 0 Å². The van der Waals surface area contributed by atoms with Gasteiger partial charge in [0.25, 0.3) is 0 Å². The molecule has 0 amide bonds. The number of rotatable bonds is 4. The average Bonchev–Trinajstić information content (AvgIpc) is 2.43. The summed E-state index contributed by atoms with van der Waals surface area (Å²) in [7, 11) is 0. The molecule has 1 nitrogen and oxygen atoms in total. The molecule has 0 aliphatic carbocycles. The van der Waals surface area contributed by atoms with E-state index < -0.39 is 0 Å². The zero-order valence-electron chi connectivity index (χ0n) is 11.8. The number of aryl methyl sites for hydroxylation is 2. The van der Waals surface area contributed by atoms with Crippen LogP contribution in [0.2, 0.25) is 0 Å². The van der Waals surface area contributed by atoms with Crippen molar-refractivity contribution >= 4 is 11.8 Å². The fourth-order valence-electron chi connectivity index (χ4n) is 2.23. The molecule has 1 unspecified atom stereocenters. The summed E-state index contributed by atoms with van der Waals surface area (Å²) in [6.07, 6.45) is 2.98. The van der Waals surface area contributed by atoms with Crippen LogP contribution in [0.4, 0.5) is 0 Å². The minimum absolute atomic E-state index is 0.0661. The van der Waals surface area contributed by atoms with Gasteiger partial charge in [-0.2, -0.15) is 0 Å². The summed E-state index contributed by atoms with van der Waals surface area (Å²) in [5, 5.41) is 0. The molecule has 2 N–H and O–H groups in total. The molecule has 0 spiro atoms. The molecule has 2 heteroatoms. The number of nitrogens with two attached hydrogens (primary N) is 1. The Balaban J connectivity index is 2.15. The van der Waals surface area contributed by atoms with E-state index in [2.05, 4.69) is 62.6 Å². The molecule has 0 radical (unpaired) electrons. The van der Waals surface area contributed by atoms with Gasteiger partial charge in [0.05, 0.1) is 0 Å². The van der Waals surface area contributed by atoms with Gasteiger partial charge in [-0.1, -0.05) is 35.9 Å². The molecule has 1 atom stereocenters. The number of hydrogen-bond donors (Lipinski definition) is 1. The van der Waals surface area contributed by atoms with E-state index in [1.165, 1.54) is 27.1 Å². The molecule has 0 aromatic heterocycles. The molecular weight excluding hydrogens is 250 g/mol. The topological polar surface area (TPSA) is 26.0 Å². The van der Waals surface area contributed by atoms with Gasteiger partial charge in [0, 0.05) is 10.9 Å². The van der Waals surface area contributed by atoms with Crippen LogP contribution in [0.5, 0.6) is 0 Å². The van der Waals surface area contributed by atoms with Crippen LogP contribution in [0.1, 0.15) is 28.3 Å². The first-order valence-electron chi connectivity index (χ1n) is 6.56. The molecule has 0 saturated heterocycles. The van der Waals surface area contributed by atoms with Crippen LogP contribution in [-0.2, 0) is 6.42 Å². The van der Waals surface area contributed by atoms with Crippen molar-refractivity contribution in [3.05, 3.63) is 64.7 Å². The minimum atomic E-state index is 0.0661. The van der Waals surface area contributed by atoms with Gasteiger partial charge in [0.2, 0.25) is 0 Å². The highest BCUT2D eigenvalue weighted by atomic mass is 32.2. The molecular formula is C17H21NS. The summed E-state index contributed by atoms with van der Waals surface area (Å²) in [5.74, 6) is 0. The highest BCUT2D eigenvalue weighted by molar-refractivity contribution is 7.98. The molecule has 2 rings (SSSR count).